The Morgan fingerprint density at radius 2 is 2.29 bits per heavy atom. The Hall–Kier alpha value is -0.870. The van der Waals surface area contributed by atoms with E-state index in [1.54, 1.807) is 0 Å². The summed E-state index contributed by atoms with van der Waals surface area (Å²) in [6.07, 6.45) is 2.20. The van der Waals surface area contributed by atoms with Gasteiger partial charge in [-0.15, -0.1) is 0 Å². The summed E-state index contributed by atoms with van der Waals surface area (Å²) in [5.74, 6) is 0.599. The molecule has 0 bridgehead atoms. The lowest BCUT2D eigenvalue weighted by atomic mass is 9.96. The maximum atomic E-state index is 5.56. The van der Waals surface area contributed by atoms with Gasteiger partial charge in [-0.25, -0.2) is 0 Å². The first-order valence-electron chi connectivity index (χ1n) is 5.12. The van der Waals surface area contributed by atoms with Gasteiger partial charge in [0, 0.05) is 38.4 Å². The summed E-state index contributed by atoms with van der Waals surface area (Å²) in [5.41, 5.74) is 7.84. The molecule has 2 heterocycles. The summed E-state index contributed by atoms with van der Waals surface area (Å²) < 4.78 is 7.30. The van der Waals surface area contributed by atoms with E-state index in [4.69, 9.17) is 10.5 Å². The van der Waals surface area contributed by atoms with Crippen LogP contribution in [0, 0.1) is 0 Å². The van der Waals surface area contributed by atoms with Crippen LogP contribution in [0.15, 0.2) is 6.07 Å². The van der Waals surface area contributed by atoms with Crippen molar-refractivity contribution in [3.63, 3.8) is 0 Å². The maximum absolute atomic E-state index is 5.56. The van der Waals surface area contributed by atoms with Crippen molar-refractivity contribution in [1.82, 2.24) is 9.78 Å². The average Bonchev–Trinajstić information content (AvgIpc) is 2.61. The molecule has 1 aromatic rings. The van der Waals surface area contributed by atoms with Gasteiger partial charge >= 0.3 is 0 Å². The molecule has 4 heteroatoms. The van der Waals surface area contributed by atoms with E-state index in [9.17, 15) is 0 Å². The highest BCUT2D eigenvalue weighted by atomic mass is 16.5. The number of hydrogen-bond donors (Lipinski definition) is 1. The summed E-state index contributed by atoms with van der Waals surface area (Å²) in [6, 6.07) is 2.12. The van der Waals surface area contributed by atoms with Crippen molar-refractivity contribution in [3.8, 4) is 0 Å². The Bertz CT molecular complexity index is 302. The fourth-order valence-electron chi connectivity index (χ4n) is 2.02. The minimum absolute atomic E-state index is 0.525. The van der Waals surface area contributed by atoms with Gasteiger partial charge in [0.15, 0.2) is 0 Å². The lowest BCUT2D eigenvalue weighted by Crippen LogP contribution is -2.16. The normalized spacial score (nSPS) is 18.7. The van der Waals surface area contributed by atoms with E-state index in [0.717, 1.165) is 31.7 Å². The molecule has 0 spiro atoms. The number of hydrogen-bond acceptors (Lipinski definition) is 3. The molecule has 0 unspecified atom stereocenters. The zero-order valence-electron chi connectivity index (χ0n) is 8.57. The van der Waals surface area contributed by atoms with E-state index in [0.29, 0.717) is 12.5 Å². The van der Waals surface area contributed by atoms with Crippen molar-refractivity contribution in [2.75, 3.05) is 13.2 Å². The van der Waals surface area contributed by atoms with E-state index in [1.807, 2.05) is 11.7 Å². The highest BCUT2D eigenvalue weighted by Crippen LogP contribution is 2.26. The molecule has 4 nitrogen and oxygen atoms in total. The molecule has 1 aliphatic rings. The van der Waals surface area contributed by atoms with Crippen molar-refractivity contribution < 1.29 is 4.74 Å². The summed E-state index contributed by atoms with van der Waals surface area (Å²) >= 11 is 0. The first-order valence-corrected chi connectivity index (χ1v) is 5.12. The maximum Gasteiger partial charge on any atom is 0.0763 e. The van der Waals surface area contributed by atoms with Crippen LogP contribution in [0.1, 0.15) is 30.1 Å². The van der Waals surface area contributed by atoms with Crippen molar-refractivity contribution in [2.45, 2.75) is 25.3 Å². The van der Waals surface area contributed by atoms with Crippen molar-refractivity contribution in [1.29, 1.82) is 0 Å². The monoisotopic (exact) mass is 195 g/mol. The van der Waals surface area contributed by atoms with Gasteiger partial charge in [-0.05, 0) is 18.9 Å². The minimum Gasteiger partial charge on any atom is -0.381 e. The Balaban J connectivity index is 2.17. The van der Waals surface area contributed by atoms with Crippen molar-refractivity contribution in [3.05, 3.63) is 17.5 Å². The molecule has 0 atom stereocenters. The third-order valence-corrected chi connectivity index (χ3v) is 2.82. The molecule has 1 fully saturated rings. The molecule has 0 radical (unpaired) electrons. The van der Waals surface area contributed by atoms with E-state index in [-0.39, 0.29) is 0 Å². The number of nitrogens with zero attached hydrogens (tertiary/aromatic N) is 2. The quantitative estimate of drug-likeness (QED) is 0.758. The third-order valence-electron chi connectivity index (χ3n) is 2.82. The standard InChI is InChI=1S/C10H17N3O/c1-13-10(6-9(7-11)12-13)8-2-4-14-5-3-8/h6,8H,2-5,7,11H2,1H3. The number of aromatic nitrogens is 2. The largest absolute Gasteiger partial charge is 0.381 e. The SMILES string of the molecule is Cn1nc(CN)cc1C1CCOCC1. The molecule has 1 aromatic heterocycles. The Labute approximate surface area is 84.0 Å². The van der Waals surface area contributed by atoms with Crippen LogP contribution in [0.5, 0.6) is 0 Å². The summed E-state index contributed by atoms with van der Waals surface area (Å²) in [6.45, 7) is 2.26. The molecule has 0 aliphatic carbocycles. The lowest BCUT2D eigenvalue weighted by Gasteiger charge is -2.21. The highest BCUT2D eigenvalue weighted by molar-refractivity contribution is 5.15. The third kappa shape index (κ3) is 1.81. The summed E-state index contributed by atoms with van der Waals surface area (Å²) in [5, 5.41) is 4.36. The topological polar surface area (TPSA) is 53.1 Å². The number of rotatable bonds is 2. The molecule has 1 aliphatic heterocycles. The summed E-state index contributed by atoms with van der Waals surface area (Å²) in [7, 11) is 1.99. The second-order valence-corrected chi connectivity index (χ2v) is 3.77. The lowest BCUT2D eigenvalue weighted by molar-refractivity contribution is 0.0837. The minimum atomic E-state index is 0.525. The fraction of sp³-hybridized carbons (Fsp3) is 0.700. The molecule has 14 heavy (non-hydrogen) atoms. The van der Waals surface area contributed by atoms with Gasteiger partial charge in [-0.1, -0.05) is 0 Å². The van der Waals surface area contributed by atoms with Crippen LogP contribution >= 0.6 is 0 Å². The second kappa shape index (κ2) is 4.11. The first kappa shape index (κ1) is 9.68. The van der Waals surface area contributed by atoms with E-state index in [2.05, 4.69) is 11.2 Å². The van der Waals surface area contributed by atoms with E-state index in [1.165, 1.54) is 5.69 Å². The van der Waals surface area contributed by atoms with E-state index < -0.39 is 0 Å². The van der Waals surface area contributed by atoms with Crippen LogP contribution in [0.3, 0.4) is 0 Å². The Morgan fingerprint density at radius 1 is 1.57 bits per heavy atom. The van der Waals surface area contributed by atoms with Crippen LogP contribution in [0.25, 0.3) is 0 Å². The number of nitrogens with two attached hydrogens (primary N) is 1. The fourth-order valence-corrected chi connectivity index (χ4v) is 2.02. The van der Waals surface area contributed by atoms with Gasteiger partial charge < -0.3 is 10.5 Å². The number of aryl methyl sites for hydroxylation is 1. The van der Waals surface area contributed by atoms with Gasteiger partial charge in [0.25, 0.3) is 0 Å². The van der Waals surface area contributed by atoms with Crippen LogP contribution < -0.4 is 5.73 Å². The molecular formula is C10H17N3O. The van der Waals surface area contributed by atoms with Gasteiger partial charge in [0.1, 0.15) is 0 Å². The second-order valence-electron chi connectivity index (χ2n) is 3.77. The van der Waals surface area contributed by atoms with Gasteiger partial charge in [0.2, 0.25) is 0 Å². The average molecular weight is 195 g/mol. The molecule has 0 saturated carbocycles. The van der Waals surface area contributed by atoms with Gasteiger partial charge in [-0.3, -0.25) is 4.68 Å². The van der Waals surface area contributed by atoms with Gasteiger partial charge in [-0.2, -0.15) is 5.10 Å². The van der Waals surface area contributed by atoms with Crippen molar-refractivity contribution in [2.24, 2.45) is 12.8 Å². The Morgan fingerprint density at radius 3 is 2.86 bits per heavy atom. The smallest absolute Gasteiger partial charge is 0.0763 e. The van der Waals surface area contributed by atoms with Gasteiger partial charge in [0.05, 0.1) is 5.69 Å². The highest BCUT2D eigenvalue weighted by Gasteiger charge is 2.19. The van der Waals surface area contributed by atoms with Crippen molar-refractivity contribution >= 4 is 0 Å². The van der Waals surface area contributed by atoms with Crippen LogP contribution in [-0.4, -0.2) is 23.0 Å². The first-order chi connectivity index (χ1) is 6.81. The van der Waals surface area contributed by atoms with E-state index >= 15 is 0 Å². The van der Waals surface area contributed by atoms with Crippen LogP contribution in [-0.2, 0) is 18.3 Å². The van der Waals surface area contributed by atoms with Crippen LogP contribution in [0.2, 0.25) is 0 Å². The molecule has 2 N–H and O–H groups in total. The molecule has 2 rings (SSSR count). The molecule has 0 aromatic carbocycles. The predicted octanol–water partition coefficient (Wildman–Crippen LogP) is 0.773. The van der Waals surface area contributed by atoms with Crippen LogP contribution in [0.4, 0.5) is 0 Å². The predicted molar refractivity (Wildman–Crippen MR) is 53.9 cm³/mol. The molecule has 1 saturated heterocycles. The molecule has 0 amide bonds. The number of ether oxygens (including phenoxy) is 1. The molecule has 78 valence electrons. The zero-order chi connectivity index (χ0) is 9.97. The Kier molecular flexibility index (Phi) is 2.84. The zero-order valence-corrected chi connectivity index (χ0v) is 8.57. The molecular weight excluding hydrogens is 178 g/mol. The summed E-state index contributed by atoms with van der Waals surface area (Å²) in [4.78, 5) is 0.